The summed E-state index contributed by atoms with van der Waals surface area (Å²) < 4.78 is 18.9. The maximum atomic E-state index is 13.6. The summed E-state index contributed by atoms with van der Waals surface area (Å²) in [6.07, 6.45) is 2.50. The molecule has 0 unspecified atom stereocenters. The molecule has 3 rings (SSSR count). The number of hydrogen-bond donors (Lipinski definition) is 1. The van der Waals surface area contributed by atoms with E-state index in [0.29, 0.717) is 21.9 Å². The van der Waals surface area contributed by atoms with Gasteiger partial charge in [-0.05, 0) is 18.2 Å². The van der Waals surface area contributed by atoms with Gasteiger partial charge in [-0.2, -0.15) is 0 Å². The fourth-order valence-electron chi connectivity index (χ4n) is 1.82. The second-order valence-electron chi connectivity index (χ2n) is 3.61. The number of carboxylic acids is 1. The molecule has 0 aliphatic carbocycles. The quantitative estimate of drug-likeness (QED) is 0.661. The van der Waals surface area contributed by atoms with Gasteiger partial charge in [-0.15, -0.1) is 0 Å². The van der Waals surface area contributed by atoms with Crippen LogP contribution in [-0.4, -0.2) is 34.9 Å². The van der Waals surface area contributed by atoms with Crippen LogP contribution < -0.4 is 0 Å². The Balaban J connectivity index is 0.00000120. The van der Waals surface area contributed by atoms with E-state index in [2.05, 4.69) is 4.98 Å². The Morgan fingerprint density at radius 3 is 2.78 bits per heavy atom. The predicted molar refractivity (Wildman–Crippen MR) is 65.6 cm³/mol. The number of fused-ring (bicyclic) bond motifs is 3. The fraction of sp³-hybridized carbons (Fsp3) is 0. The van der Waals surface area contributed by atoms with Crippen LogP contribution in [0.15, 0.2) is 35.0 Å². The SMILES string of the molecule is O=C(O)c1ccc2c(c1)oc1cncc(F)c12.[LiH]. The van der Waals surface area contributed by atoms with Crippen molar-refractivity contribution in [2.45, 2.75) is 0 Å². The van der Waals surface area contributed by atoms with Crippen LogP contribution in [0.1, 0.15) is 10.4 Å². The van der Waals surface area contributed by atoms with Gasteiger partial charge in [-0.1, -0.05) is 0 Å². The van der Waals surface area contributed by atoms with E-state index in [-0.39, 0.29) is 24.4 Å². The van der Waals surface area contributed by atoms with Crippen LogP contribution in [0, 0.1) is 5.82 Å². The van der Waals surface area contributed by atoms with Crippen LogP contribution in [0.3, 0.4) is 0 Å². The van der Waals surface area contributed by atoms with Crippen LogP contribution in [0.25, 0.3) is 21.9 Å². The van der Waals surface area contributed by atoms with Gasteiger partial charge in [0.15, 0.2) is 11.4 Å². The third kappa shape index (κ3) is 1.78. The minimum absolute atomic E-state index is 0. The van der Waals surface area contributed by atoms with Gasteiger partial charge in [0.1, 0.15) is 5.58 Å². The molecule has 0 spiro atoms. The summed E-state index contributed by atoms with van der Waals surface area (Å²) in [6, 6.07) is 4.32. The maximum absolute atomic E-state index is 13.6. The van der Waals surface area contributed by atoms with Gasteiger partial charge in [0, 0.05) is 5.39 Å². The monoisotopic (exact) mass is 239 g/mol. The first-order chi connectivity index (χ1) is 8.16. The van der Waals surface area contributed by atoms with Crippen molar-refractivity contribution in [1.82, 2.24) is 4.98 Å². The van der Waals surface area contributed by atoms with Crippen molar-refractivity contribution in [3.63, 3.8) is 0 Å². The van der Waals surface area contributed by atoms with Gasteiger partial charge in [0.05, 0.1) is 23.3 Å². The molecule has 1 N–H and O–H groups in total. The Hall–Kier alpha value is -1.83. The standard InChI is InChI=1S/C12H6FNO3.Li.H/c13-8-4-14-5-10-11(8)7-2-1-6(12(15)16)3-9(7)17-10;;/h1-5H,(H,15,16);;. The van der Waals surface area contributed by atoms with E-state index in [1.807, 2.05) is 0 Å². The number of halogens is 1. The molecular weight excluding hydrogens is 232 g/mol. The van der Waals surface area contributed by atoms with E-state index < -0.39 is 11.8 Å². The van der Waals surface area contributed by atoms with E-state index in [0.717, 1.165) is 6.20 Å². The van der Waals surface area contributed by atoms with E-state index in [4.69, 9.17) is 9.52 Å². The molecule has 0 bridgehead atoms. The summed E-state index contributed by atoms with van der Waals surface area (Å²) in [6.45, 7) is 0. The molecule has 0 amide bonds. The number of nitrogens with zero attached hydrogens (tertiary/aromatic N) is 1. The predicted octanol–water partition coefficient (Wildman–Crippen LogP) is 2.17. The molecule has 0 saturated carbocycles. The van der Waals surface area contributed by atoms with Crippen molar-refractivity contribution in [3.05, 3.63) is 42.0 Å². The summed E-state index contributed by atoms with van der Waals surface area (Å²) in [5, 5.41) is 9.72. The van der Waals surface area contributed by atoms with Crippen molar-refractivity contribution >= 4 is 46.8 Å². The van der Waals surface area contributed by atoms with Gasteiger partial charge in [0.25, 0.3) is 0 Å². The first kappa shape index (κ1) is 12.6. The molecule has 1 aromatic carbocycles. The minimum atomic E-state index is -1.05. The summed E-state index contributed by atoms with van der Waals surface area (Å²) in [4.78, 5) is 14.5. The van der Waals surface area contributed by atoms with E-state index in [1.165, 1.54) is 24.4 Å². The molecule has 6 heteroatoms. The van der Waals surface area contributed by atoms with Gasteiger partial charge < -0.3 is 9.52 Å². The number of aromatic carboxylic acids is 1. The van der Waals surface area contributed by atoms with Crippen LogP contribution in [-0.2, 0) is 0 Å². The Morgan fingerprint density at radius 1 is 1.28 bits per heavy atom. The number of carboxylic acid groups (broad SMARTS) is 1. The first-order valence-electron chi connectivity index (χ1n) is 4.86. The summed E-state index contributed by atoms with van der Waals surface area (Å²) in [5.74, 6) is -1.53. The van der Waals surface area contributed by atoms with E-state index in [9.17, 15) is 9.18 Å². The molecule has 4 nitrogen and oxygen atoms in total. The molecule has 2 aromatic heterocycles. The van der Waals surface area contributed by atoms with Crippen LogP contribution in [0.4, 0.5) is 4.39 Å². The molecule has 0 radical (unpaired) electrons. The topological polar surface area (TPSA) is 63.3 Å². The van der Waals surface area contributed by atoms with Crippen molar-refractivity contribution in [2.24, 2.45) is 0 Å². The Kier molecular flexibility index (Phi) is 3.12. The first-order valence-corrected chi connectivity index (χ1v) is 4.86. The van der Waals surface area contributed by atoms with E-state index in [1.54, 1.807) is 0 Å². The van der Waals surface area contributed by atoms with Crippen molar-refractivity contribution in [2.75, 3.05) is 0 Å². The molecule has 18 heavy (non-hydrogen) atoms. The molecule has 0 aliphatic rings. The fourth-order valence-corrected chi connectivity index (χ4v) is 1.82. The van der Waals surface area contributed by atoms with E-state index >= 15 is 0 Å². The number of hydrogen-bond acceptors (Lipinski definition) is 3. The van der Waals surface area contributed by atoms with Crippen molar-refractivity contribution < 1.29 is 18.7 Å². The molecule has 2 heterocycles. The Bertz CT molecular complexity index is 753. The molecule has 0 atom stereocenters. The zero-order valence-electron chi connectivity index (χ0n) is 8.48. The zero-order chi connectivity index (χ0) is 12.0. The Morgan fingerprint density at radius 2 is 2.06 bits per heavy atom. The number of carbonyl (C=O) groups is 1. The molecule has 0 aliphatic heterocycles. The van der Waals surface area contributed by atoms with Crippen LogP contribution in [0.5, 0.6) is 0 Å². The summed E-state index contributed by atoms with van der Waals surface area (Å²) in [7, 11) is 0. The second-order valence-corrected chi connectivity index (χ2v) is 3.61. The Labute approximate surface area is 113 Å². The van der Waals surface area contributed by atoms with Crippen LogP contribution in [0.2, 0.25) is 0 Å². The third-order valence-corrected chi connectivity index (χ3v) is 2.58. The average molecular weight is 239 g/mol. The number of pyridine rings is 1. The molecule has 86 valence electrons. The molecule has 3 aromatic rings. The van der Waals surface area contributed by atoms with Gasteiger partial charge in [-0.25, -0.2) is 9.18 Å². The normalized spacial score (nSPS) is 10.5. The molecule has 0 fully saturated rings. The second kappa shape index (κ2) is 4.45. The number of rotatable bonds is 1. The number of aromatic nitrogens is 1. The number of furan rings is 1. The third-order valence-electron chi connectivity index (χ3n) is 2.58. The zero-order valence-corrected chi connectivity index (χ0v) is 8.48. The van der Waals surface area contributed by atoms with Crippen molar-refractivity contribution in [1.29, 1.82) is 0 Å². The van der Waals surface area contributed by atoms with Gasteiger partial charge in [0.2, 0.25) is 0 Å². The summed E-state index contributed by atoms with van der Waals surface area (Å²) in [5.41, 5.74) is 0.749. The van der Waals surface area contributed by atoms with Crippen molar-refractivity contribution in [3.8, 4) is 0 Å². The molecular formula is C12H7FLiNO3. The molecule has 0 saturated heterocycles. The average Bonchev–Trinajstić information content (AvgIpc) is 2.67. The van der Waals surface area contributed by atoms with Gasteiger partial charge in [-0.3, -0.25) is 4.98 Å². The van der Waals surface area contributed by atoms with Crippen LogP contribution >= 0.6 is 0 Å². The summed E-state index contributed by atoms with van der Waals surface area (Å²) >= 11 is 0. The number of benzene rings is 1. The van der Waals surface area contributed by atoms with Gasteiger partial charge >= 0.3 is 24.8 Å².